The minimum Gasteiger partial charge on any atom is -0.354 e. The number of fused-ring (bicyclic) bond motifs is 1. The second-order valence-electron chi connectivity index (χ2n) is 7.69. The third kappa shape index (κ3) is 3.16. The molecule has 2 aromatic rings. The Morgan fingerprint density at radius 1 is 1.19 bits per heavy atom. The fraction of sp³-hybridized carbons (Fsp3) is 0.611. The quantitative estimate of drug-likeness (QED) is 0.820. The molecule has 1 N–H and O–H groups in total. The third-order valence-corrected chi connectivity index (χ3v) is 5.72. The second-order valence-corrected chi connectivity index (χ2v) is 7.69. The van der Waals surface area contributed by atoms with Gasteiger partial charge in [0.05, 0.1) is 17.8 Å². The second kappa shape index (κ2) is 6.56. The molecule has 0 atom stereocenters. The normalized spacial score (nSPS) is 21.8. The summed E-state index contributed by atoms with van der Waals surface area (Å²) in [5.41, 5.74) is 1.69. The summed E-state index contributed by atoms with van der Waals surface area (Å²) in [6, 6.07) is 0.242. The van der Waals surface area contributed by atoms with Crippen LogP contribution in [0.15, 0.2) is 4.79 Å². The summed E-state index contributed by atoms with van der Waals surface area (Å²) in [6.45, 7) is 5.27. The summed E-state index contributed by atoms with van der Waals surface area (Å²) in [6.07, 6.45) is 1.81. The fourth-order valence-corrected chi connectivity index (χ4v) is 4.01. The van der Waals surface area contributed by atoms with E-state index in [1.807, 2.05) is 14.0 Å². The molecule has 1 aliphatic heterocycles. The summed E-state index contributed by atoms with van der Waals surface area (Å²) in [5, 5.41) is 11.7. The van der Waals surface area contributed by atoms with Gasteiger partial charge in [-0.3, -0.25) is 19.1 Å². The van der Waals surface area contributed by atoms with Gasteiger partial charge in [0.25, 0.3) is 5.56 Å². The highest BCUT2D eigenvalue weighted by Crippen LogP contribution is 2.36. The summed E-state index contributed by atoms with van der Waals surface area (Å²) >= 11 is 0. The fourth-order valence-electron chi connectivity index (χ4n) is 4.01. The number of amides is 1. The number of carbonyl (C=O) groups excluding carboxylic acids is 1. The first-order valence-electron chi connectivity index (χ1n) is 9.26. The Bertz CT molecular complexity index is 955. The van der Waals surface area contributed by atoms with Gasteiger partial charge in [-0.15, -0.1) is 10.2 Å². The van der Waals surface area contributed by atoms with E-state index in [1.165, 1.54) is 0 Å². The SMILES string of the molecule is CC(=O)NC1CC(c2nnc(CN3Cc4nc(C)n(C)c(=O)c4C3)n2C)C1. The average Bonchev–Trinajstić information content (AvgIpc) is 3.13. The van der Waals surface area contributed by atoms with Gasteiger partial charge in [-0.2, -0.15) is 0 Å². The largest absolute Gasteiger partial charge is 0.354 e. The molecule has 0 aromatic carbocycles. The molecule has 0 radical (unpaired) electrons. The molecule has 4 rings (SSSR count). The number of aromatic nitrogens is 5. The summed E-state index contributed by atoms with van der Waals surface area (Å²) in [4.78, 5) is 30.3. The molecule has 144 valence electrons. The Hall–Kier alpha value is -2.55. The van der Waals surface area contributed by atoms with Crippen LogP contribution in [-0.2, 0) is 38.5 Å². The molecule has 1 amide bonds. The van der Waals surface area contributed by atoms with Crippen molar-refractivity contribution >= 4 is 5.91 Å². The van der Waals surface area contributed by atoms with Gasteiger partial charge in [-0.05, 0) is 19.8 Å². The highest BCUT2D eigenvalue weighted by Gasteiger charge is 2.35. The smallest absolute Gasteiger partial charge is 0.258 e. The molecule has 9 heteroatoms. The Labute approximate surface area is 157 Å². The molecule has 1 aliphatic carbocycles. The number of rotatable bonds is 4. The lowest BCUT2D eigenvalue weighted by Gasteiger charge is -2.34. The van der Waals surface area contributed by atoms with Crippen LogP contribution in [0.5, 0.6) is 0 Å². The lowest BCUT2D eigenvalue weighted by atomic mass is 9.79. The first kappa shape index (κ1) is 17.8. The maximum absolute atomic E-state index is 12.4. The number of nitrogens with one attached hydrogen (secondary N) is 1. The van der Waals surface area contributed by atoms with Crippen LogP contribution in [0, 0.1) is 6.92 Å². The van der Waals surface area contributed by atoms with Crippen LogP contribution in [0.25, 0.3) is 0 Å². The lowest BCUT2D eigenvalue weighted by Crippen LogP contribution is -2.43. The van der Waals surface area contributed by atoms with Crippen LogP contribution >= 0.6 is 0 Å². The van der Waals surface area contributed by atoms with Crippen molar-refractivity contribution in [2.75, 3.05) is 0 Å². The molecule has 3 heterocycles. The van der Waals surface area contributed by atoms with Crippen LogP contribution in [0.4, 0.5) is 0 Å². The van der Waals surface area contributed by atoms with E-state index < -0.39 is 0 Å². The Morgan fingerprint density at radius 3 is 2.63 bits per heavy atom. The molecule has 2 aromatic heterocycles. The Balaban J connectivity index is 1.43. The van der Waals surface area contributed by atoms with Gasteiger partial charge in [-0.25, -0.2) is 4.98 Å². The van der Waals surface area contributed by atoms with Crippen LogP contribution in [0.1, 0.15) is 54.4 Å². The van der Waals surface area contributed by atoms with Crippen molar-refractivity contribution in [2.24, 2.45) is 14.1 Å². The molecular formula is C18H25N7O2. The molecule has 2 aliphatic rings. The Kier molecular flexibility index (Phi) is 4.33. The van der Waals surface area contributed by atoms with Crippen LogP contribution in [0.2, 0.25) is 0 Å². The van der Waals surface area contributed by atoms with Crippen molar-refractivity contribution in [2.45, 2.75) is 58.3 Å². The molecular weight excluding hydrogens is 346 g/mol. The third-order valence-electron chi connectivity index (χ3n) is 5.72. The van der Waals surface area contributed by atoms with Gasteiger partial charge in [0.1, 0.15) is 17.5 Å². The molecule has 1 fully saturated rings. The molecule has 0 saturated heterocycles. The van der Waals surface area contributed by atoms with Crippen molar-refractivity contribution < 1.29 is 4.79 Å². The summed E-state index contributed by atoms with van der Waals surface area (Å²) in [5.74, 6) is 2.93. The lowest BCUT2D eigenvalue weighted by molar-refractivity contribution is -0.120. The number of hydrogen-bond donors (Lipinski definition) is 1. The number of nitrogens with zero attached hydrogens (tertiary/aromatic N) is 6. The summed E-state index contributed by atoms with van der Waals surface area (Å²) < 4.78 is 3.65. The zero-order valence-corrected chi connectivity index (χ0v) is 16.2. The first-order chi connectivity index (χ1) is 12.8. The van der Waals surface area contributed by atoms with Gasteiger partial charge in [-0.1, -0.05) is 0 Å². The molecule has 1 saturated carbocycles. The van der Waals surface area contributed by atoms with Crippen LogP contribution in [0.3, 0.4) is 0 Å². The molecule has 0 bridgehead atoms. The van der Waals surface area contributed by atoms with Gasteiger partial charge >= 0.3 is 0 Å². The van der Waals surface area contributed by atoms with E-state index in [1.54, 1.807) is 18.5 Å². The minimum absolute atomic E-state index is 0.0145. The highest BCUT2D eigenvalue weighted by molar-refractivity contribution is 5.73. The molecule has 0 unspecified atom stereocenters. The van der Waals surface area contributed by atoms with E-state index in [9.17, 15) is 9.59 Å². The van der Waals surface area contributed by atoms with E-state index in [-0.39, 0.29) is 17.5 Å². The maximum Gasteiger partial charge on any atom is 0.258 e. The number of carbonyl (C=O) groups is 1. The highest BCUT2D eigenvalue weighted by atomic mass is 16.1. The predicted octanol–water partition coefficient (Wildman–Crippen LogP) is 0.115. The zero-order valence-electron chi connectivity index (χ0n) is 16.2. The van der Waals surface area contributed by atoms with E-state index in [0.717, 1.165) is 41.6 Å². The van der Waals surface area contributed by atoms with Gasteiger partial charge < -0.3 is 9.88 Å². The molecule has 9 nitrogen and oxygen atoms in total. The summed E-state index contributed by atoms with van der Waals surface area (Å²) in [7, 11) is 3.75. The van der Waals surface area contributed by atoms with E-state index in [0.29, 0.717) is 25.6 Å². The standard InChI is InChI=1S/C18H25N7O2/c1-10-19-15-8-25(7-14(15)18(27)23(10)3)9-16-21-22-17(24(16)4)12-5-13(6-12)20-11(2)26/h12-13H,5-9H2,1-4H3,(H,20,26). The predicted molar refractivity (Wildman–Crippen MR) is 97.7 cm³/mol. The maximum atomic E-state index is 12.4. The van der Waals surface area contributed by atoms with Gasteiger partial charge in [0, 0.05) is 46.1 Å². The van der Waals surface area contributed by atoms with Crippen molar-refractivity contribution in [1.82, 2.24) is 34.5 Å². The van der Waals surface area contributed by atoms with Gasteiger partial charge in [0.2, 0.25) is 5.91 Å². The number of aryl methyl sites for hydroxylation is 1. The first-order valence-corrected chi connectivity index (χ1v) is 9.26. The van der Waals surface area contributed by atoms with Crippen molar-refractivity contribution in [3.8, 4) is 0 Å². The topological polar surface area (TPSA) is 97.9 Å². The van der Waals surface area contributed by atoms with E-state index in [4.69, 9.17) is 0 Å². The van der Waals surface area contributed by atoms with Crippen molar-refractivity contribution in [3.05, 3.63) is 39.1 Å². The van der Waals surface area contributed by atoms with Crippen molar-refractivity contribution in [1.29, 1.82) is 0 Å². The van der Waals surface area contributed by atoms with Gasteiger partial charge in [0.15, 0.2) is 0 Å². The monoisotopic (exact) mass is 371 g/mol. The van der Waals surface area contributed by atoms with Crippen LogP contribution < -0.4 is 10.9 Å². The van der Waals surface area contributed by atoms with E-state index >= 15 is 0 Å². The minimum atomic E-state index is 0.0145. The van der Waals surface area contributed by atoms with Crippen molar-refractivity contribution in [3.63, 3.8) is 0 Å². The Morgan fingerprint density at radius 2 is 1.93 bits per heavy atom. The zero-order chi connectivity index (χ0) is 19.3. The van der Waals surface area contributed by atoms with Crippen LogP contribution in [-0.4, -0.2) is 41.2 Å². The van der Waals surface area contributed by atoms with E-state index in [2.05, 4.69) is 30.0 Å². The average molecular weight is 371 g/mol. The number of hydrogen-bond acceptors (Lipinski definition) is 6. The molecule has 27 heavy (non-hydrogen) atoms. The molecule has 0 spiro atoms.